The summed E-state index contributed by atoms with van der Waals surface area (Å²) >= 11 is 0. The van der Waals surface area contributed by atoms with Gasteiger partial charge in [0.1, 0.15) is 11.6 Å². The summed E-state index contributed by atoms with van der Waals surface area (Å²) in [5.41, 5.74) is -0.369. The molecule has 0 aromatic carbocycles. The van der Waals surface area contributed by atoms with Gasteiger partial charge >= 0.3 is 6.18 Å². The summed E-state index contributed by atoms with van der Waals surface area (Å²) in [6.07, 6.45) is -3.02. The number of ether oxygens (including phenoxy) is 1. The number of aromatic nitrogens is 3. The van der Waals surface area contributed by atoms with E-state index in [4.69, 9.17) is 4.74 Å². The highest BCUT2D eigenvalue weighted by molar-refractivity contribution is 5.76. The van der Waals surface area contributed by atoms with E-state index in [2.05, 4.69) is 20.3 Å². The fraction of sp³-hybridized carbons (Fsp3) is 0.545. The number of likely N-dealkylation sites (tertiary alicyclic amines) is 1. The van der Waals surface area contributed by atoms with Crippen LogP contribution in [-0.2, 0) is 15.7 Å². The van der Waals surface area contributed by atoms with Crippen LogP contribution in [0.15, 0.2) is 24.4 Å². The van der Waals surface area contributed by atoms with Gasteiger partial charge in [0.15, 0.2) is 0 Å². The highest BCUT2D eigenvalue weighted by Crippen LogP contribution is 2.34. The molecular weight excluding hydrogens is 475 g/mol. The lowest BCUT2D eigenvalue weighted by Gasteiger charge is -2.20. The van der Waals surface area contributed by atoms with Crippen LogP contribution in [0.5, 0.6) is 0 Å². The van der Waals surface area contributed by atoms with E-state index < -0.39 is 24.2 Å². The van der Waals surface area contributed by atoms with Gasteiger partial charge in [-0.15, -0.1) is 0 Å². The molecule has 0 radical (unpaired) electrons. The zero-order chi connectivity index (χ0) is 25.2. The van der Waals surface area contributed by atoms with Gasteiger partial charge in [-0.05, 0) is 18.6 Å². The monoisotopic (exact) mass is 500 g/mol. The predicted molar refractivity (Wildman–Crippen MR) is 117 cm³/mol. The Morgan fingerprint density at radius 2 is 2.03 bits per heavy atom. The van der Waals surface area contributed by atoms with Crippen LogP contribution in [0.25, 0.3) is 0 Å². The highest BCUT2D eigenvalue weighted by atomic mass is 19.4. The molecule has 4 heterocycles. The number of halogens is 5. The molecule has 0 saturated carbocycles. The number of carbonyl (C=O) groups is 1. The van der Waals surface area contributed by atoms with Gasteiger partial charge in [-0.2, -0.15) is 18.2 Å². The van der Waals surface area contributed by atoms with E-state index in [0.29, 0.717) is 31.8 Å². The number of hydrogen-bond acceptors (Lipinski definition) is 7. The number of anilines is 3. The molecule has 0 aliphatic carbocycles. The van der Waals surface area contributed by atoms with E-state index in [1.807, 2.05) is 0 Å². The Morgan fingerprint density at radius 3 is 2.71 bits per heavy atom. The van der Waals surface area contributed by atoms with Crippen molar-refractivity contribution in [2.45, 2.75) is 37.3 Å². The smallest absolute Gasteiger partial charge is 0.384 e. The summed E-state index contributed by atoms with van der Waals surface area (Å²) in [7, 11) is 1.51. The maximum Gasteiger partial charge on any atom is 0.416 e. The lowest BCUT2D eigenvalue weighted by Crippen LogP contribution is -2.29. The van der Waals surface area contributed by atoms with Crippen LogP contribution in [0.3, 0.4) is 0 Å². The Morgan fingerprint density at radius 1 is 1.23 bits per heavy atom. The molecule has 35 heavy (non-hydrogen) atoms. The average Bonchev–Trinajstić information content (AvgIpc) is 3.44. The summed E-state index contributed by atoms with van der Waals surface area (Å²) in [5.74, 6) is -3.02. The van der Waals surface area contributed by atoms with Crippen molar-refractivity contribution in [2.24, 2.45) is 0 Å². The number of methoxy groups -OCH3 is 1. The van der Waals surface area contributed by atoms with Gasteiger partial charge in [0.05, 0.1) is 30.8 Å². The van der Waals surface area contributed by atoms with Crippen molar-refractivity contribution in [3.05, 3.63) is 35.7 Å². The first-order valence-electron chi connectivity index (χ1n) is 11.1. The first kappa shape index (κ1) is 25.0. The average molecular weight is 500 g/mol. The summed E-state index contributed by atoms with van der Waals surface area (Å²) in [4.78, 5) is 28.1. The quantitative estimate of drug-likeness (QED) is 0.579. The minimum Gasteiger partial charge on any atom is -0.384 e. The second-order valence-corrected chi connectivity index (χ2v) is 8.63. The number of pyridine rings is 1. The zero-order valence-corrected chi connectivity index (χ0v) is 19.0. The van der Waals surface area contributed by atoms with Crippen molar-refractivity contribution in [3.63, 3.8) is 0 Å². The van der Waals surface area contributed by atoms with Gasteiger partial charge in [0.25, 0.3) is 5.92 Å². The molecule has 13 heteroatoms. The third kappa shape index (κ3) is 6.13. The van der Waals surface area contributed by atoms with Crippen LogP contribution in [0.1, 0.15) is 36.4 Å². The number of amides is 1. The maximum absolute atomic E-state index is 13.8. The molecule has 2 aliphatic rings. The largest absolute Gasteiger partial charge is 0.416 e. The van der Waals surface area contributed by atoms with Crippen molar-refractivity contribution in [1.82, 2.24) is 19.9 Å². The van der Waals surface area contributed by atoms with Gasteiger partial charge in [-0.3, -0.25) is 4.79 Å². The molecule has 1 amide bonds. The molecule has 4 rings (SSSR count). The first-order chi connectivity index (χ1) is 16.5. The minimum absolute atomic E-state index is 0.0456. The lowest BCUT2D eigenvalue weighted by molar-refractivity contribution is -0.137. The van der Waals surface area contributed by atoms with Crippen LogP contribution in [0.4, 0.5) is 39.5 Å². The van der Waals surface area contributed by atoms with E-state index in [1.54, 1.807) is 11.0 Å². The molecule has 190 valence electrons. The molecule has 8 nitrogen and oxygen atoms in total. The first-order valence-corrected chi connectivity index (χ1v) is 11.1. The Kier molecular flexibility index (Phi) is 7.06. The molecule has 1 unspecified atom stereocenters. The van der Waals surface area contributed by atoms with Crippen molar-refractivity contribution in [2.75, 3.05) is 50.1 Å². The molecule has 2 aliphatic heterocycles. The molecule has 2 fully saturated rings. The minimum atomic E-state index is -4.55. The number of nitrogens with one attached hydrogen (secondary N) is 1. The molecule has 1 N–H and O–H groups in total. The van der Waals surface area contributed by atoms with Crippen LogP contribution >= 0.6 is 0 Å². The van der Waals surface area contributed by atoms with Crippen LogP contribution in [0.2, 0.25) is 0 Å². The molecule has 1 atom stereocenters. The third-order valence-corrected chi connectivity index (χ3v) is 6.01. The lowest BCUT2D eigenvalue weighted by atomic mass is 10.0. The zero-order valence-electron chi connectivity index (χ0n) is 19.0. The van der Waals surface area contributed by atoms with E-state index in [9.17, 15) is 26.7 Å². The number of hydrogen-bond donors (Lipinski definition) is 1. The van der Waals surface area contributed by atoms with Crippen molar-refractivity contribution >= 4 is 23.5 Å². The molecule has 0 bridgehead atoms. The SMILES string of the molecule is COCCC(=O)N1CCC(c2cc(Nc3cc(C(F)(F)F)ccn3)nc(N3CCC(F)(F)C3)n2)C1. The molecule has 0 spiro atoms. The Balaban J connectivity index is 1.60. The van der Waals surface area contributed by atoms with Crippen molar-refractivity contribution in [1.29, 1.82) is 0 Å². The Labute approximate surface area is 198 Å². The van der Waals surface area contributed by atoms with E-state index in [0.717, 1.165) is 18.3 Å². The Hall–Kier alpha value is -3.09. The summed E-state index contributed by atoms with van der Waals surface area (Å²) < 4.78 is 71.9. The Bertz CT molecular complexity index is 1070. The fourth-order valence-electron chi connectivity index (χ4n) is 4.16. The standard InChI is InChI=1S/C22H25F5N6O2/c1-35-9-4-19(34)32-7-3-14(12-32)16-11-18(30-17-10-15(2-6-28-17)22(25,26)27)31-20(29-16)33-8-5-21(23,24)13-33/h2,6,10-11,14H,3-5,7-9,12-13H2,1H3,(H,28,29,30,31). The van der Waals surface area contributed by atoms with Gasteiger partial charge in [0.2, 0.25) is 11.9 Å². The number of nitrogens with zero attached hydrogens (tertiary/aromatic N) is 5. The normalized spacial score (nSPS) is 19.9. The fourth-order valence-corrected chi connectivity index (χ4v) is 4.16. The second-order valence-electron chi connectivity index (χ2n) is 8.63. The summed E-state index contributed by atoms with van der Waals surface area (Å²) in [6, 6.07) is 3.26. The molecule has 2 aromatic rings. The predicted octanol–water partition coefficient (Wildman–Crippen LogP) is 3.83. The topological polar surface area (TPSA) is 83.5 Å². The number of alkyl halides is 5. The van der Waals surface area contributed by atoms with Crippen LogP contribution in [-0.4, -0.2) is 71.6 Å². The van der Waals surface area contributed by atoms with E-state index >= 15 is 0 Å². The second kappa shape index (κ2) is 9.88. The summed E-state index contributed by atoms with van der Waals surface area (Å²) in [6.45, 7) is 0.690. The van der Waals surface area contributed by atoms with Gasteiger partial charge < -0.3 is 19.9 Å². The van der Waals surface area contributed by atoms with Gasteiger partial charge in [0, 0.05) is 51.3 Å². The number of rotatable bonds is 7. The van der Waals surface area contributed by atoms with Crippen LogP contribution < -0.4 is 10.2 Å². The van der Waals surface area contributed by atoms with Gasteiger partial charge in [-0.1, -0.05) is 0 Å². The number of carbonyl (C=O) groups excluding carboxylic acids is 1. The van der Waals surface area contributed by atoms with Crippen molar-refractivity contribution in [3.8, 4) is 0 Å². The maximum atomic E-state index is 13.8. The third-order valence-electron chi connectivity index (χ3n) is 6.01. The van der Waals surface area contributed by atoms with E-state index in [-0.39, 0.29) is 48.8 Å². The molecule has 2 saturated heterocycles. The van der Waals surface area contributed by atoms with Gasteiger partial charge in [-0.25, -0.2) is 18.7 Å². The van der Waals surface area contributed by atoms with Crippen LogP contribution in [0, 0.1) is 0 Å². The van der Waals surface area contributed by atoms with E-state index in [1.165, 1.54) is 12.0 Å². The summed E-state index contributed by atoms with van der Waals surface area (Å²) in [5, 5.41) is 2.75. The van der Waals surface area contributed by atoms with Crippen molar-refractivity contribution < 1.29 is 31.5 Å². The molecule has 2 aromatic heterocycles. The molecular formula is C22H25F5N6O2. The highest BCUT2D eigenvalue weighted by Gasteiger charge is 2.40.